The average Bonchev–Trinajstić information content (AvgIpc) is 3.07. The number of amides is 1. The Balaban J connectivity index is 2.01. The third-order valence-corrected chi connectivity index (χ3v) is 4.68. The molecule has 3 aromatic carbocycles. The molecule has 5 heteroatoms. The molecule has 0 fully saturated rings. The van der Waals surface area contributed by atoms with Crippen molar-refractivity contribution in [1.29, 1.82) is 5.26 Å². The van der Waals surface area contributed by atoms with E-state index in [0.29, 0.717) is 29.0 Å². The largest absolute Gasteiger partial charge is 0.496 e. The lowest BCUT2D eigenvalue weighted by Gasteiger charge is -2.15. The molecule has 1 N–H and O–H groups in total. The van der Waals surface area contributed by atoms with Crippen molar-refractivity contribution in [3.8, 4) is 34.1 Å². The summed E-state index contributed by atoms with van der Waals surface area (Å²) in [4.78, 5) is 12.2. The van der Waals surface area contributed by atoms with Crippen molar-refractivity contribution in [1.82, 2.24) is 5.32 Å². The Hall–Kier alpha value is -3.65. The SMILES string of the molecule is COc1cc(F)ccc1-c1cc2c(cc1-c1cccc(C#N)c1)CNC2=O. The van der Waals surface area contributed by atoms with E-state index < -0.39 is 5.82 Å². The molecule has 0 aliphatic carbocycles. The summed E-state index contributed by atoms with van der Waals surface area (Å²) in [6.45, 7) is 0.458. The Morgan fingerprint density at radius 2 is 1.89 bits per heavy atom. The number of nitrogens with zero attached hydrogens (tertiary/aromatic N) is 1. The molecule has 1 heterocycles. The van der Waals surface area contributed by atoms with Crippen LogP contribution in [0.15, 0.2) is 54.6 Å². The van der Waals surface area contributed by atoms with Gasteiger partial charge in [-0.05, 0) is 58.7 Å². The van der Waals surface area contributed by atoms with Crippen molar-refractivity contribution < 1.29 is 13.9 Å². The van der Waals surface area contributed by atoms with E-state index in [9.17, 15) is 14.4 Å². The maximum Gasteiger partial charge on any atom is 0.251 e. The predicted molar refractivity (Wildman–Crippen MR) is 99.7 cm³/mol. The van der Waals surface area contributed by atoms with Crippen molar-refractivity contribution in [2.75, 3.05) is 7.11 Å². The number of nitrogens with one attached hydrogen (secondary N) is 1. The third kappa shape index (κ3) is 2.91. The number of rotatable bonds is 3. The van der Waals surface area contributed by atoms with Gasteiger partial charge in [0.15, 0.2) is 0 Å². The summed E-state index contributed by atoms with van der Waals surface area (Å²) in [5.74, 6) is -0.154. The van der Waals surface area contributed by atoms with E-state index in [0.717, 1.165) is 22.3 Å². The van der Waals surface area contributed by atoms with E-state index >= 15 is 0 Å². The lowest BCUT2D eigenvalue weighted by Crippen LogP contribution is -2.12. The molecule has 1 aliphatic heterocycles. The van der Waals surface area contributed by atoms with Crippen LogP contribution in [0.2, 0.25) is 0 Å². The van der Waals surface area contributed by atoms with Gasteiger partial charge in [0.25, 0.3) is 5.91 Å². The number of halogens is 1. The van der Waals surface area contributed by atoms with Crippen LogP contribution in [0.1, 0.15) is 21.5 Å². The van der Waals surface area contributed by atoms with Crippen molar-refractivity contribution >= 4 is 5.91 Å². The van der Waals surface area contributed by atoms with Crippen LogP contribution in [0.3, 0.4) is 0 Å². The Morgan fingerprint density at radius 1 is 1.04 bits per heavy atom. The number of carbonyl (C=O) groups is 1. The van der Waals surface area contributed by atoms with E-state index in [2.05, 4.69) is 11.4 Å². The zero-order valence-corrected chi connectivity index (χ0v) is 14.5. The van der Waals surface area contributed by atoms with Gasteiger partial charge in [-0.1, -0.05) is 12.1 Å². The normalized spacial score (nSPS) is 12.3. The van der Waals surface area contributed by atoms with Crippen LogP contribution in [0, 0.1) is 17.1 Å². The Morgan fingerprint density at radius 3 is 2.67 bits per heavy atom. The molecule has 0 unspecified atom stereocenters. The van der Waals surface area contributed by atoms with Crippen molar-refractivity contribution in [3.63, 3.8) is 0 Å². The molecule has 1 aliphatic rings. The van der Waals surface area contributed by atoms with E-state index in [1.807, 2.05) is 24.3 Å². The first-order valence-corrected chi connectivity index (χ1v) is 8.40. The van der Waals surface area contributed by atoms with Gasteiger partial charge in [-0.3, -0.25) is 4.79 Å². The molecule has 4 nitrogen and oxygen atoms in total. The number of ether oxygens (including phenoxy) is 1. The summed E-state index contributed by atoms with van der Waals surface area (Å²) in [6.07, 6.45) is 0. The molecule has 0 saturated heterocycles. The smallest absolute Gasteiger partial charge is 0.251 e. The highest BCUT2D eigenvalue weighted by atomic mass is 19.1. The summed E-state index contributed by atoms with van der Waals surface area (Å²) in [5.41, 5.74) is 5.15. The highest BCUT2D eigenvalue weighted by molar-refractivity contribution is 6.02. The molecular weight excluding hydrogens is 343 g/mol. The number of benzene rings is 3. The van der Waals surface area contributed by atoms with Crippen LogP contribution in [0.5, 0.6) is 5.75 Å². The van der Waals surface area contributed by atoms with Crippen molar-refractivity contribution in [3.05, 3.63) is 77.1 Å². The number of carbonyl (C=O) groups excluding carboxylic acids is 1. The zero-order valence-electron chi connectivity index (χ0n) is 14.5. The molecule has 0 aromatic heterocycles. The minimum atomic E-state index is -0.400. The lowest BCUT2D eigenvalue weighted by molar-refractivity contribution is 0.0966. The monoisotopic (exact) mass is 358 g/mol. The number of hydrogen-bond donors (Lipinski definition) is 1. The van der Waals surface area contributed by atoms with Crippen LogP contribution in [0.4, 0.5) is 4.39 Å². The molecule has 27 heavy (non-hydrogen) atoms. The summed E-state index contributed by atoms with van der Waals surface area (Å²) in [7, 11) is 1.48. The van der Waals surface area contributed by atoms with Gasteiger partial charge in [0.1, 0.15) is 11.6 Å². The second-order valence-electron chi connectivity index (χ2n) is 6.27. The number of methoxy groups -OCH3 is 1. The Labute approximate surface area is 155 Å². The Bertz CT molecular complexity index is 1120. The fourth-order valence-electron chi connectivity index (χ4n) is 3.38. The average molecular weight is 358 g/mol. The molecule has 0 radical (unpaired) electrons. The van der Waals surface area contributed by atoms with Gasteiger partial charge in [-0.25, -0.2) is 4.39 Å². The minimum absolute atomic E-state index is 0.135. The molecule has 4 rings (SSSR count). The zero-order chi connectivity index (χ0) is 19.0. The van der Waals surface area contributed by atoms with Crippen LogP contribution >= 0.6 is 0 Å². The fourth-order valence-corrected chi connectivity index (χ4v) is 3.38. The number of nitriles is 1. The minimum Gasteiger partial charge on any atom is -0.496 e. The topological polar surface area (TPSA) is 62.1 Å². The third-order valence-electron chi connectivity index (χ3n) is 4.68. The summed E-state index contributed by atoms with van der Waals surface area (Å²) in [6, 6.07) is 17.5. The molecule has 3 aromatic rings. The fraction of sp³-hybridized carbons (Fsp3) is 0.0909. The maximum absolute atomic E-state index is 13.7. The van der Waals surface area contributed by atoms with E-state index in [-0.39, 0.29) is 5.91 Å². The second kappa shape index (κ2) is 6.58. The lowest BCUT2D eigenvalue weighted by atomic mass is 9.89. The van der Waals surface area contributed by atoms with Gasteiger partial charge >= 0.3 is 0 Å². The molecule has 0 spiro atoms. The highest BCUT2D eigenvalue weighted by Gasteiger charge is 2.23. The first-order chi connectivity index (χ1) is 13.1. The van der Waals surface area contributed by atoms with Crippen LogP contribution in [-0.2, 0) is 6.54 Å². The van der Waals surface area contributed by atoms with Crippen molar-refractivity contribution in [2.24, 2.45) is 0 Å². The second-order valence-corrected chi connectivity index (χ2v) is 6.27. The van der Waals surface area contributed by atoms with Crippen LogP contribution in [-0.4, -0.2) is 13.0 Å². The first kappa shape index (κ1) is 16.8. The number of hydrogen-bond acceptors (Lipinski definition) is 3. The highest BCUT2D eigenvalue weighted by Crippen LogP contribution is 2.40. The Kier molecular flexibility index (Phi) is 4.09. The van der Waals surface area contributed by atoms with Gasteiger partial charge in [0.05, 0.1) is 18.7 Å². The summed E-state index contributed by atoms with van der Waals surface area (Å²) < 4.78 is 19.0. The van der Waals surface area contributed by atoms with Gasteiger partial charge in [0, 0.05) is 23.7 Å². The quantitative estimate of drug-likeness (QED) is 0.760. The van der Waals surface area contributed by atoms with Gasteiger partial charge in [0.2, 0.25) is 0 Å². The van der Waals surface area contributed by atoms with E-state index in [1.54, 1.807) is 18.2 Å². The molecule has 1 amide bonds. The van der Waals surface area contributed by atoms with E-state index in [4.69, 9.17) is 4.74 Å². The molecule has 0 bridgehead atoms. The van der Waals surface area contributed by atoms with Gasteiger partial charge in [-0.15, -0.1) is 0 Å². The number of fused-ring (bicyclic) bond motifs is 1. The molecule has 0 atom stereocenters. The van der Waals surface area contributed by atoms with Gasteiger partial charge in [-0.2, -0.15) is 5.26 Å². The summed E-state index contributed by atoms with van der Waals surface area (Å²) in [5, 5.41) is 12.1. The van der Waals surface area contributed by atoms with Crippen LogP contribution in [0.25, 0.3) is 22.3 Å². The first-order valence-electron chi connectivity index (χ1n) is 8.40. The van der Waals surface area contributed by atoms with E-state index in [1.165, 1.54) is 19.2 Å². The maximum atomic E-state index is 13.7. The van der Waals surface area contributed by atoms with Crippen LogP contribution < -0.4 is 10.1 Å². The molecular formula is C22H15FN2O2. The summed E-state index contributed by atoms with van der Waals surface area (Å²) >= 11 is 0. The van der Waals surface area contributed by atoms with Gasteiger partial charge < -0.3 is 10.1 Å². The molecule has 132 valence electrons. The standard InChI is InChI=1S/C22H15FN2O2/c1-27-21-9-16(23)5-6-17(21)20-10-19-15(12-25-22(19)26)8-18(20)14-4-2-3-13(7-14)11-24/h2-10H,12H2,1H3,(H,25,26). The van der Waals surface area contributed by atoms with Crippen molar-refractivity contribution in [2.45, 2.75) is 6.54 Å². The predicted octanol–water partition coefficient (Wildman–Crippen LogP) is 4.28. The molecule has 0 saturated carbocycles.